The van der Waals surface area contributed by atoms with Gasteiger partial charge in [0.15, 0.2) is 0 Å². The second kappa shape index (κ2) is 9.99. The minimum absolute atomic E-state index is 0.0311. The normalized spacial score (nSPS) is 10.4. The van der Waals surface area contributed by atoms with Crippen molar-refractivity contribution in [2.75, 3.05) is 11.9 Å². The van der Waals surface area contributed by atoms with E-state index in [-0.39, 0.29) is 5.91 Å². The van der Waals surface area contributed by atoms with Crippen molar-refractivity contribution < 1.29 is 9.53 Å². The Morgan fingerprint density at radius 1 is 1.04 bits per heavy atom. The second-order valence-electron chi connectivity index (χ2n) is 5.75. The van der Waals surface area contributed by atoms with Crippen molar-refractivity contribution in [3.8, 4) is 5.75 Å². The smallest absolute Gasteiger partial charge is 0.224 e. The molecule has 0 aromatic heterocycles. The zero-order valence-corrected chi connectivity index (χ0v) is 14.8. The molecule has 0 saturated heterocycles. The van der Waals surface area contributed by atoms with Gasteiger partial charge < -0.3 is 10.1 Å². The maximum atomic E-state index is 12.0. The standard InChI is InChI=1S/C20H24ClNO2/c1-2-3-15-24-19-13-11-18(12-14-19)22-20(23)6-4-5-16-7-9-17(21)10-8-16/h7-14H,2-6,15H2,1H3,(H,22,23). The zero-order valence-electron chi connectivity index (χ0n) is 14.1. The molecule has 24 heavy (non-hydrogen) atoms. The lowest BCUT2D eigenvalue weighted by Gasteiger charge is -2.08. The van der Waals surface area contributed by atoms with Crippen molar-refractivity contribution in [2.24, 2.45) is 0 Å². The van der Waals surface area contributed by atoms with Crippen LogP contribution in [-0.4, -0.2) is 12.5 Å². The predicted molar refractivity (Wildman–Crippen MR) is 99.9 cm³/mol. The fourth-order valence-corrected chi connectivity index (χ4v) is 2.42. The Labute approximate surface area is 149 Å². The van der Waals surface area contributed by atoms with E-state index < -0.39 is 0 Å². The largest absolute Gasteiger partial charge is 0.494 e. The number of halogens is 1. The van der Waals surface area contributed by atoms with Gasteiger partial charge in [-0.1, -0.05) is 37.1 Å². The summed E-state index contributed by atoms with van der Waals surface area (Å²) in [7, 11) is 0. The molecule has 0 heterocycles. The number of benzene rings is 2. The van der Waals surface area contributed by atoms with E-state index in [1.54, 1.807) is 0 Å². The van der Waals surface area contributed by atoms with E-state index in [2.05, 4.69) is 12.2 Å². The molecule has 3 nitrogen and oxygen atoms in total. The van der Waals surface area contributed by atoms with Crippen LogP contribution in [0.25, 0.3) is 0 Å². The Hall–Kier alpha value is -2.00. The van der Waals surface area contributed by atoms with Crippen molar-refractivity contribution in [3.63, 3.8) is 0 Å². The highest BCUT2D eigenvalue weighted by molar-refractivity contribution is 6.30. The Morgan fingerprint density at radius 3 is 2.42 bits per heavy atom. The number of carbonyl (C=O) groups excluding carboxylic acids is 1. The van der Waals surface area contributed by atoms with Crippen molar-refractivity contribution >= 4 is 23.2 Å². The molecule has 2 aromatic carbocycles. The van der Waals surface area contributed by atoms with Gasteiger partial charge >= 0.3 is 0 Å². The molecule has 0 spiro atoms. The van der Waals surface area contributed by atoms with E-state index in [1.807, 2.05) is 48.5 Å². The van der Waals surface area contributed by atoms with Gasteiger partial charge in [-0.2, -0.15) is 0 Å². The molecule has 0 saturated carbocycles. The Balaban J connectivity index is 1.70. The van der Waals surface area contributed by atoms with Crippen LogP contribution in [0.5, 0.6) is 5.75 Å². The number of carbonyl (C=O) groups is 1. The maximum Gasteiger partial charge on any atom is 0.224 e. The first-order valence-corrected chi connectivity index (χ1v) is 8.82. The molecule has 0 unspecified atom stereocenters. The molecule has 2 aromatic rings. The van der Waals surface area contributed by atoms with Crippen LogP contribution >= 0.6 is 11.6 Å². The van der Waals surface area contributed by atoms with Gasteiger partial charge in [0.05, 0.1) is 6.61 Å². The molecule has 0 aliphatic rings. The molecule has 1 amide bonds. The minimum atomic E-state index is 0.0311. The first-order valence-electron chi connectivity index (χ1n) is 8.44. The number of aryl methyl sites for hydroxylation is 1. The van der Waals surface area contributed by atoms with Crippen LogP contribution in [0.1, 0.15) is 38.2 Å². The number of nitrogens with one attached hydrogen (secondary N) is 1. The summed E-state index contributed by atoms with van der Waals surface area (Å²) < 4.78 is 5.61. The van der Waals surface area contributed by atoms with Crippen molar-refractivity contribution in [1.82, 2.24) is 0 Å². The third-order valence-corrected chi connectivity index (χ3v) is 3.94. The van der Waals surface area contributed by atoms with Crippen molar-refractivity contribution in [2.45, 2.75) is 39.0 Å². The fraction of sp³-hybridized carbons (Fsp3) is 0.350. The Bertz CT molecular complexity index is 623. The fourth-order valence-electron chi connectivity index (χ4n) is 2.30. The molecule has 2 rings (SSSR count). The average molecular weight is 346 g/mol. The Kier molecular flexibility index (Phi) is 7.63. The van der Waals surface area contributed by atoms with Gasteiger partial charge in [0.1, 0.15) is 5.75 Å². The van der Waals surface area contributed by atoms with Crippen molar-refractivity contribution in [1.29, 1.82) is 0 Å². The molecule has 0 fully saturated rings. The molecule has 4 heteroatoms. The molecule has 1 N–H and O–H groups in total. The van der Waals surface area contributed by atoms with E-state index in [1.165, 1.54) is 5.56 Å². The van der Waals surface area contributed by atoms with Crippen LogP contribution in [0.4, 0.5) is 5.69 Å². The van der Waals surface area contributed by atoms with Gasteiger partial charge in [-0.25, -0.2) is 0 Å². The van der Waals surface area contributed by atoms with E-state index in [4.69, 9.17) is 16.3 Å². The summed E-state index contributed by atoms with van der Waals surface area (Å²) in [5.41, 5.74) is 2.00. The summed E-state index contributed by atoms with van der Waals surface area (Å²) in [6.45, 7) is 2.86. The lowest BCUT2D eigenvalue weighted by Crippen LogP contribution is -2.11. The summed E-state index contributed by atoms with van der Waals surface area (Å²) in [6, 6.07) is 15.3. The molecule has 0 radical (unpaired) electrons. The minimum Gasteiger partial charge on any atom is -0.494 e. The zero-order chi connectivity index (χ0) is 17.2. The van der Waals surface area contributed by atoms with Crippen LogP contribution in [-0.2, 0) is 11.2 Å². The molecule has 0 atom stereocenters. The van der Waals surface area contributed by atoms with E-state index in [0.717, 1.165) is 48.7 Å². The topological polar surface area (TPSA) is 38.3 Å². The van der Waals surface area contributed by atoms with Crippen LogP contribution in [0.2, 0.25) is 5.02 Å². The summed E-state index contributed by atoms with van der Waals surface area (Å²) >= 11 is 5.86. The first kappa shape index (κ1) is 18.3. The monoisotopic (exact) mass is 345 g/mol. The van der Waals surface area contributed by atoms with E-state index >= 15 is 0 Å². The lowest BCUT2D eigenvalue weighted by molar-refractivity contribution is -0.116. The van der Waals surface area contributed by atoms with Gasteiger partial charge in [0.25, 0.3) is 0 Å². The molecule has 0 aliphatic heterocycles. The van der Waals surface area contributed by atoms with Gasteiger partial charge in [0, 0.05) is 17.1 Å². The quantitative estimate of drug-likeness (QED) is 0.611. The van der Waals surface area contributed by atoms with E-state index in [0.29, 0.717) is 6.42 Å². The number of amides is 1. The summed E-state index contributed by atoms with van der Waals surface area (Å²) in [4.78, 5) is 12.0. The van der Waals surface area contributed by atoms with Gasteiger partial charge in [-0.15, -0.1) is 0 Å². The lowest BCUT2D eigenvalue weighted by atomic mass is 10.1. The van der Waals surface area contributed by atoms with Crippen LogP contribution in [0.3, 0.4) is 0 Å². The summed E-state index contributed by atoms with van der Waals surface area (Å²) in [5.74, 6) is 0.868. The highest BCUT2D eigenvalue weighted by atomic mass is 35.5. The number of rotatable bonds is 9. The molecule has 128 valence electrons. The number of hydrogen-bond donors (Lipinski definition) is 1. The van der Waals surface area contributed by atoms with Crippen LogP contribution in [0.15, 0.2) is 48.5 Å². The summed E-state index contributed by atoms with van der Waals surface area (Å²) in [5, 5.41) is 3.65. The van der Waals surface area contributed by atoms with Gasteiger partial charge in [0.2, 0.25) is 5.91 Å². The Morgan fingerprint density at radius 2 is 1.75 bits per heavy atom. The number of ether oxygens (including phenoxy) is 1. The van der Waals surface area contributed by atoms with Gasteiger partial charge in [-0.05, 0) is 61.2 Å². The highest BCUT2D eigenvalue weighted by Gasteiger charge is 2.03. The second-order valence-corrected chi connectivity index (χ2v) is 6.19. The molecule has 0 aliphatic carbocycles. The maximum absolute atomic E-state index is 12.0. The molecular weight excluding hydrogens is 322 g/mol. The van der Waals surface area contributed by atoms with E-state index in [9.17, 15) is 4.79 Å². The summed E-state index contributed by atoms with van der Waals surface area (Å²) in [6.07, 6.45) is 4.34. The van der Waals surface area contributed by atoms with Gasteiger partial charge in [-0.3, -0.25) is 4.79 Å². The third kappa shape index (κ3) is 6.63. The average Bonchev–Trinajstić information content (AvgIpc) is 2.58. The first-order chi connectivity index (χ1) is 11.7. The van der Waals surface area contributed by atoms with Crippen LogP contribution in [0, 0.1) is 0 Å². The molecular formula is C20H24ClNO2. The number of unbranched alkanes of at least 4 members (excludes halogenated alkanes) is 1. The highest BCUT2D eigenvalue weighted by Crippen LogP contribution is 2.17. The third-order valence-electron chi connectivity index (χ3n) is 3.69. The van der Waals surface area contributed by atoms with Crippen molar-refractivity contribution in [3.05, 3.63) is 59.1 Å². The van der Waals surface area contributed by atoms with Crippen LogP contribution < -0.4 is 10.1 Å². The number of hydrogen-bond acceptors (Lipinski definition) is 2. The molecule has 0 bridgehead atoms. The number of anilines is 1. The SMILES string of the molecule is CCCCOc1ccc(NC(=O)CCCc2ccc(Cl)cc2)cc1. The predicted octanol–water partition coefficient (Wildman–Crippen LogP) is 5.48.